The third-order valence-electron chi connectivity index (χ3n) is 3.09. The predicted octanol–water partition coefficient (Wildman–Crippen LogP) is 0.351. The van der Waals surface area contributed by atoms with Gasteiger partial charge in [-0.05, 0) is 6.42 Å². The van der Waals surface area contributed by atoms with Crippen LogP contribution in [-0.2, 0) is 19.2 Å². The van der Waals surface area contributed by atoms with Gasteiger partial charge in [0, 0.05) is 17.6 Å². The van der Waals surface area contributed by atoms with E-state index in [1.165, 1.54) is 0 Å². The van der Waals surface area contributed by atoms with Crippen molar-refractivity contribution in [3.8, 4) is 0 Å². The maximum absolute atomic E-state index is 11.9. The molecule has 0 rings (SSSR count). The van der Waals surface area contributed by atoms with E-state index in [1.54, 1.807) is 20.8 Å². The summed E-state index contributed by atoms with van der Waals surface area (Å²) in [6.45, 7) is 9.09. The molecule has 0 spiro atoms. The first kappa shape index (κ1) is 25.6. The minimum absolute atomic E-state index is 0.0371. The molecule has 8 nitrogen and oxygen atoms in total. The molecule has 0 bridgehead atoms. The molecule has 0 fully saturated rings. The Morgan fingerprint density at radius 3 is 2.08 bits per heavy atom. The normalized spacial score (nSPS) is 12.9. The van der Waals surface area contributed by atoms with Crippen molar-refractivity contribution in [2.24, 2.45) is 11.1 Å². The van der Waals surface area contributed by atoms with Gasteiger partial charge in [-0.1, -0.05) is 34.6 Å². The smallest absolute Gasteiger partial charge is 0.320 e. The second-order valence-corrected chi connectivity index (χ2v) is 6.54. The average Bonchev–Trinajstić information content (AvgIpc) is 2.55. The Hall–Kier alpha value is -1.61. The summed E-state index contributed by atoms with van der Waals surface area (Å²) >= 11 is 3.99. The Bertz CT molecular complexity index is 463. The maximum atomic E-state index is 11.9. The van der Waals surface area contributed by atoms with Crippen LogP contribution >= 0.6 is 12.6 Å². The molecule has 146 valence electrons. The SMILES string of the molecule is CC.CC(C)(C)C(=O)CNC(=O)C(CS)NC(=O)CCC(N)C(=O)O. The summed E-state index contributed by atoms with van der Waals surface area (Å²) in [6.07, 6.45) is -0.156. The van der Waals surface area contributed by atoms with Crippen LogP contribution in [0, 0.1) is 5.41 Å². The summed E-state index contributed by atoms with van der Waals surface area (Å²) in [5.74, 6) is -2.30. The Labute approximate surface area is 154 Å². The van der Waals surface area contributed by atoms with Crippen LogP contribution in [0.4, 0.5) is 0 Å². The number of carbonyl (C=O) groups is 4. The molecular weight excluding hydrogens is 346 g/mol. The topological polar surface area (TPSA) is 139 Å². The number of carboxylic acid groups (broad SMARTS) is 1. The van der Waals surface area contributed by atoms with Crippen molar-refractivity contribution < 1.29 is 24.3 Å². The van der Waals surface area contributed by atoms with Crippen LogP contribution in [-0.4, -0.2) is 53.1 Å². The average molecular weight is 378 g/mol. The fourth-order valence-electron chi connectivity index (χ4n) is 1.43. The summed E-state index contributed by atoms with van der Waals surface area (Å²) in [4.78, 5) is 46.0. The molecule has 2 amide bonds. The summed E-state index contributed by atoms with van der Waals surface area (Å²) < 4.78 is 0. The molecule has 2 unspecified atom stereocenters. The van der Waals surface area contributed by atoms with Crippen LogP contribution < -0.4 is 16.4 Å². The fourth-order valence-corrected chi connectivity index (χ4v) is 1.68. The number of rotatable bonds is 9. The molecule has 0 aliphatic heterocycles. The van der Waals surface area contributed by atoms with E-state index in [0.29, 0.717) is 0 Å². The highest BCUT2D eigenvalue weighted by Crippen LogP contribution is 2.13. The van der Waals surface area contributed by atoms with Gasteiger partial charge < -0.3 is 21.5 Å². The molecule has 9 heteroatoms. The number of hydrogen-bond acceptors (Lipinski definition) is 6. The Kier molecular flexibility index (Phi) is 13.0. The number of aliphatic carboxylic acids is 1. The van der Waals surface area contributed by atoms with Gasteiger partial charge in [0.05, 0.1) is 6.54 Å². The van der Waals surface area contributed by atoms with Crippen LogP contribution in [0.25, 0.3) is 0 Å². The minimum Gasteiger partial charge on any atom is -0.480 e. The number of thiol groups is 1. The van der Waals surface area contributed by atoms with Gasteiger partial charge in [0.2, 0.25) is 11.8 Å². The zero-order valence-corrected chi connectivity index (χ0v) is 16.5. The molecule has 0 aliphatic carbocycles. The number of ketones is 1. The summed E-state index contributed by atoms with van der Waals surface area (Å²) in [5.41, 5.74) is 4.73. The summed E-state index contributed by atoms with van der Waals surface area (Å²) in [5, 5.41) is 13.5. The van der Waals surface area contributed by atoms with Gasteiger partial charge in [-0.25, -0.2) is 0 Å². The van der Waals surface area contributed by atoms with Crippen LogP contribution in [0.15, 0.2) is 0 Å². The monoisotopic (exact) mass is 377 g/mol. The molecule has 0 heterocycles. The lowest BCUT2D eigenvalue weighted by atomic mass is 9.91. The van der Waals surface area contributed by atoms with E-state index in [-0.39, 0.29) is 30.9 Å². The van der Waals surface area contributed by atoms with Crippen molar-refractivity contribution in [3.63, 3.8) is 0 Å². The van der Waals surface area contributed by atoms with Crippen LogP contribution in [0.1, 0.15) is 47.5 Å². The van der Waals surface area contributed by atoms with Gasteiger partial charge in [-0.2, -0.15) is 12.6 Å². The highest BCUT2D eigenvalue weighted by Gasteiger charge is 2.24. The molecule has 25 heavy (non-hydrogen) atoms. The molecule has 5 N–H and O–H groups in total. The number of hydrogen-bond donors (Lipinski definition) is 5. The van der Waals surface area contributed by atoms with Gasteiger partial charge in [0.1, 0.15) is 12.1 Å². The first-order valence-electron chi connectivity index (χ1n) is 8.18. The van der Waals surface area contributed by atoms with Crippen molar-refractivity contribution in [2.75, 3.05) is 12.3 Å². The third-order valence-corrected chi connectivity index (χ3v) is 3.46. The highest BCUT2D eigenvalue weighted by atomic mass is 32.1. The zero-order valence-electron chi connectivity index (χ0n) is 15.6. The fraction of sp³-hybridized carbons (Fsp3) is 0.750. The quantitative estimate of drug-likeness (QED) is 0.368. The standard InChI is InChI=1S/C14H25N3O5S.C2H6/c1-14(2,3)10(18)6-16-12(20)9(7-23)17-11(19)5-4-8(15)13(21)22;1-2/h8-9,23H,4-7,15H2,1-3H3,(H,16,20)(H,17,19)(H,21,22);1-2H3. The number of amides is 2. The first-order chi connectivity index (χ1) is 11.5. The Morgan fingerprint density at radius 1 is 1.16 bits per heavy atom. The number of carboxylic acids is 1. The van der Waals surface area contributed by atoms with Crippen molar-refractivity contribution in [1.29, 1.82) is 0 Å². The Balaban J connectivity index is 0. The van der Waals surface area contributed by atoms with Gasteiger partial charge in [0.25, 0.3) is 0 Å². The van der Waals surface area contributed by atoms with Crippen molar-refractivity contribution in [1.82, 2.24) is 10.6 Å². The summed E-state index contributed by atoms with van der Waals surface area (Å²) in [6, 6.07) is -2.03. The molecular formula is C16H31N3O5S. The molecule has 2 atom stereocenters. The van der Waals surface area contributed by atoms with Crippen molar-refractivity contribution in [2.45, 2.75) is 59.5 Å². The van der Waals surface area contributed by atoms with Gasteiger partial charge >= 0.3 is 5.97 Å². The summed E-state index contributed by atoms with van der Waals surface area (Å²) in [7, 11) is 0. The van der Waals surface area contributed by atoms with Gasteiger partial charge in [0.15, 0.2) is 5.78 Å². The van der Waals surface area contributed by atoms with E-state index < -0.39 is 35.3 Å². The van der Waals surface area contributed by atoms with Crippen molar-refractivity contribution in [3.05, 3.63) is 0 Å². The van der Waals surface area contributed by atoms with Gasteiger partial charge in [-0.3, -0.25) is 19.2 Å². The minimum atomic E-state index is -1.19. The molecule has 0 aromatic heterocycles. The van der Waals surface area contributed by atoms with E-state index in [4.69, 9.17) is 10.8 Å². The van der Waals surface area contributed by atoms with E-state index in [9.17, 15) is 19.2 Å². The lowest BCUT2D eigenvalue weighted by molar-refractivity contribution is -0.138. The highest BCUT2D eigenvalue weighted by molar-refractivity contribution is 7.80. The first-order valence-corrected chi connectivity index (χ1v) is 8.82. The predicted molar refractivity (Wildman–Crippen MR) is 99.4 cm³/mol. The number of Topliss-reactive ketones (excluding diaryl/α,β-unsaturated/α-hetero) is 1. The van der Waals surface area contributed by atoms with Crippen LogP contribution in [0.5, 0.6) is 0 Å². The van der Waals surface area contributed by atoms with E-state index in [1.807, 2.05) is 13.8 Å². The number of carbonyl (C=O) groups excluding carboxylic acids is 3. The maximum Gasteiger partial charge on any atom is 0.320 e. The van der Waals surface area contributed by atoms with Crippen LogP contribution in [0.3, 0.4) is 0 Å². The lowest BCUT2D eigenvalue weighted by Gasteiger charge is -2.19. The molecule has 0 saturated carbocycles. The van der Waals surface area contributed by atoms with E-state index in [2.05, 4.69) is 23.3 Å². The van der Waals surface area contributed by atoms with Crippen molar-refractivity contribution >= 4 is 36.2 Å². The Morgan fingerprint density at radius 2 is 1.68 bits per heavy atom. The zero-order chi connectivity index (χ0) is 20.2. The molecule has 0 radical (unpaired) electrons. The number of nitrogens with one attached hydrogen (secondary N) is 2. The second kappa shape index (κ2) is 12.7. The van der Waals surface area contributed by atoms with Crippen LogP contribution in [0.2, 0.25) is 0 Å². The number of nitrogens with two attached hydrogens (primary N) is 1. The molecule has 0 aromatic carbocycles. The van der Waals surface area contributed by atoms with E-state index >= 15 is 0 Å². The molecule has 0 aromatic rings. The molecule has 0 aliphatic rings. The van der Waals surface area contributed by atoms with E-state index in [0.717, 1.165) is 0 Å². The second-order valence-electron chi connectivity index (χ2n) is 6.18. The largest absolute Gasteiger partial charge is 0.480 e. The lowest BCUT2D eigenvalue weighted by Crippen LogP contribution is -2.50. The third kappa shape index (κ3) is 11.5. The van der Waals surface area contributed by atoms with Gasteiger partial charge in [-0.15, -0.1) is 0 Å². The molecule has 0 saturated heterocycles.